The van der Waals surface area contributed by atoms with E-state index in [1.54, 1.807) is 36.2 Å². The van der Waals surface area contributed by atoms with Crippen molar-refractivity contribution in [2.24, 2.45) is 4.99 Å². The highest BCUT2D eigenvalue weighted by molar-refractivity contribution is 6.40. The lowest BCUT2D eigenvalue weighted by atomic mass is 9.96. The number of fused-ring (bicyclic) bond motifs is 2. The van der Waals surface area contributed by atoms with Gasteiger partial charge in [-0.25, -0.2) is 4.79 Å². The molecule has 0 aliphatic carbocycles. The van der Waals surface area contributed by atoms with E-state index < -0.39 is 24.5 Å². The number of nitrogens with zero attached hydrogens (tertiary/aromatic N) is 4. The van der Waals surface area contributed by atoms with E-state index in [0.29, 0.717) is 35.4 Å². The molecule has 2 aromatic heterocycles. The summed E-state index contributed by atoms with van der Waals surface area (Å²) in [7, 11) is 0. The molecule has 0 radical (unpaired) electrons. The predicted octanol–water partition coefficient (Wildman–Crippen LogP) is 3.94. The molecule has 1 aliphatic heterocycles. The van der Waals surface area contributed by atoms with Crippen molar-refractivity contribution >= 4 is 57.8 Å². The van der Waals surface area contributed by atoms with Crippen LogP contribution in [-0.2, 0) is 17.8 Å². The van der Waals surface area contributed by atoms with E-state index in [1.807, 2.05) is 18.2 Å². The summed E-state index contributed by atoms with van der Waals surface area (Å²) in [5.41, 5.74) is 2.00. The Morgan fingerprint density at radius 2 is 2.02 bits per heavy atom. The van der Waals surface area contributed by atoms with Crippen molar-refractivity contribution in [2.45, 2.75) is 25.9 Å². The number of aromatic nitrogens is 1. The zero-order valence-corrected chi connectivity index (χ0v) is 23.5. The first-order valence-corrected chi connectivity index (χ1v) is 13.4. The van der Waals surface area contributed by atoms with E-state index >= 15 is 0 Å². The van der Waals surface area contributed by atoms with E-state index in [1.165, 1.54) is 6.07 Å². The molecule has 42 heavy (non-hydrogen) atoms. The maximum atomic E-state index is 13.2. The number of halogens is 2. The van der Waals surface area contributed by atoms with Crippen LogP contribution in [0.3, 0.4) is 0 Å². The minimum absolute atomic E-state index is 0.00756. The maximum Gasteiger partial charge on any atom is 0.328 e. The quantitative estimate of drug-likeness (QED) is 0.121. The van der Waals surface area contributed by atoms with Crippen LogP contribution in [0.2, 0.25) is 10.0 Å². The molecular formula is C28H22Cl2N6O6. The number of carbonyl (C=O) groups excluding carboxylic acids is 2. The third kappa shape index (κ3) is 5.79. The molecule has 2 aromatic carbocycles. The van der Waals surface area contributed by atoms with E-state index in [-0.39, 0.29) is 45.4 Å². The van der Waals surface area contributed by atoms with Crippen LogP contribution in [0.4, 0.5) is 0 Å². The molecule has 0 bridgehead atoms. The van der Waals surface area contributed by atoms with Crippen molar-refractivity contribution in [3.63, 3.8) is 0 Å². The first-order valence-electron chi connectivity index (χ1n) is 12.6. The van der Waals surface area contributed by atoms with Gasteiger partial charge in [-0.3, -0.25) is 19.9 Å². The van der Waals surface area contributed by atoms with E-state index in [2.05, 4.69) is 20.8 Å². The molecule has 0 unspecified atom stereocenters. The Morgan fingerprint density at radius 1 is 1.24 bits per heavy atom. The molecule has 0 spiro atoms. The molecule has 5 rings (SSSR count). The fraction of sp³-hybridized carbons (Fsp3) is 0.214. The summed E-state index contributed by atoms with van der Waals surface area (Å²) in [5.74, 6) is -1.84. The Labute approximate surface area is 248 Å². The zero-order chi connectivity index (χ0) is 30.0. The Morgan fingerprint density at radius 3 is 2.71 bits per heavy atom. The summed E-state index contributed by atoms with van der Waals surface area (Å²) in [6.07, 6.45) is 2.04. The maximum absolute atomic E-state index is 13.2. The lowest BCUT2D eigenvalue weighted by Gasteiger charge is -2.30. The number of aliphatic imine (C=N–C) groups is 1. The van der Waals surface area contributed by atoms with Gasteiger partial charge in [0.15, 0.2) is 17.8 Å². The van der Waals surface area contributed by atoms with Crippen LogP contribution in [0, 0.1) is 18.4 Å². The van der Waals surface area contributed by atoms with Gasteiger partial charge in [0.2, 0.25) is 0 Å². The van der Waals surface area contributed by atoms with Gasteiger partial charge in [0.05, 0.1) is 22.2 Å². The Kier molecular flexibility index (Phi) is 8.15. The summed E-state index contributed by atoms with van der Waals surface area (Å²) in [6.45, 7) is 1.71. The number of carbonyl (C=O) groups is 3. The number of aliphatic carboxylic acids is 1. The number of nitrogens with one attached hydrogen (secondary N) is 2. The molecule has 2 amide bonds. The number of amidine groups is 1. The third-order valence-electron chi connectivity index (χ3n) is 6.64. The first kappa shape index (κ1) is 28.7. The van der Waals surface area contributed by atoms with Crippen LogP contribution in [0.15, 0.2) is 56.4 Å². The lowest BCUT2D eigenvalue weighted by molar-refractivity contribution is -0.138. The highest BCUT2D eigenvalue weighted by atomic mass is 35.5. The minimum atomic E-state index is -1.49. The van der Waals surface area contributed by atoms with Gasteiger partial charge < -0.3 is 24.3 Å². The number of furan rings is 1. The van der Waals surface area contributed by atoms with Crippen LogP contribution < -0.4 is 10.6 Å². The van der Waals surface area contributed by atoms with Crippen LogP contribution in [0.25, 0.3) is 11.0 Å². The molecule has 214 valence electrons. The predicted molar refractivity (Wildman–Crippen MR) is 151 cm³/mol. The molecule has 4 aromatic rings. The molecule has 0 fully saturated rings. The number of carboxylic acids is 1. The number of amides is 2. The number of aryl methyl sites for hydroxylation is 1. The Bertz CT molecular complexity index is 1760. The number of hydrogen-bond acceptors (Lipinski definition) is 8. The number of para-hydroxylation sites is 1. The van der Waals surface area contributed by atoms with Crippen molar-refractivity contribution < 1.29 is 28.4 Å². The van der Waals surface area contributed by atoms with Gasteiger partial charge in [-0.2, -0.15) is 5.26 Å². The van der Waals surface area contributed by atoms with Gasteiger partial charge in [-0.05, 0) is 42.7 Å². The number of nitriles is 1. The smallest absolute Gasteiger partial charge is 0.328 e. The van der Waals surface area contributed by atoms with E-state index in [9.17, 15) is 19.5 Å². The highest BCUT2D eigenvalue weighted by Crippen LogP contribution is 2.35. The van der Waals surface area contributed by atoms with Crippen LogP contribution in [-0.4, -0.2) is 57.9 Å². The van der Waals surface area contributed by atoms with E-state index in [0.717, 1.165) is 5.39 Å². The summed E-state index contributed by atoms with van der Waals surface area (Å²) in [5, 5.41) is 28.1. The normalized spacial score (nSPS) is 13.8. The van der Waals surface area contributed by atoms with Gasteiger partial charge in [0.25, 0.3) is 11.8 Å². The summed E-state index contributed by atoms with van der Waals surface area (Å²) >= 11 is 13.1. The zero-order valence-electron chi connectivity index (χ0n) is 22.0. The fourth-order valence-electron chi connectivity index (χ4n) is 4.59. The fourth-order valence-corrected chi connectivity index (χ4v) is 5.35. The summed E-state index contributed by atoms with van der Waals surface area (Å²) in [4.78, 5) is 44.0. The van der Waals surface area contributed by atoms with Gasteiger partial charge in [-0.1, -0.05) is 46.6 Å². The van der Waals surface area contributed by atoms with Crippen molar-refractivity contribution in [1.82, 2.24) is 20.7 Å². The molecule has 0 saturated heterocycles. The average molecular weight is 609 g/mol. The second-order valence-corrected chi connectivity index (χ2v) is 10.2. The van der Waals surface area contributed by atoms with E-state index in [4.69, 9.17) is 37.4 Å². The summed E-state index contributed by atoms with van der Waals surface area (Å²) in [6, 6.07) is 10.6. The molecule has 1 aliphatic rings. The van der Waals surface area contributed by atoms with Gasteiger partial charge in [0, 0.05) is 24.5 Å². The van der Waals surface area contributed by atoms with Gasteiger partial charge >= 0.3 is 5.97 Å². The monoisotopic (exact) mass is 608 g/mol. The lowest BCUT2D eigenvalue weighted by Crippen LogP contribution is -2.44. The first-order chi connectivity index (χ1) is 20.2. The third-order valence-corrected chi connectivity index (χ3v) is 7.35. The number of rotatable bonds is 7. The molecular weight excluding hydrogens is 587 g/mol. The highest BCUT2D eigenvalue weighted by Gasteiger charge is 2.30. The molecule has 14 heteroatoms. The van der Waals surface area contributed by atoms with Crippen LogP contribution in [0.5, 0.6) is 0 Å². The standard InChI is InChI=1S/C28H22Cl2N6O6/c1-14-8-19(35-42-14)25(33-13-31)32-11-20(28(39)40)34-26(37)23-18(29)9-16-12-36(7-6-17(16)24(23)30)27(38)22-10-15-4-2-3-5-21(15)41-22/h2-5,8-10,20H,6-7,11-12H2,1H3,(H,32,33)(H,34,37)(H,39,40)/t20-/m0/s1. The minimum Gasteiger partial charge on any atom is -0.480 e. The van der Waals surface area contributed by atoms with Gasteiger partial charge in [-0.15, -0.1) is 0 Å². The average Bonchev–Trinajstić information content (AvgIpc) is 3.60. The second kappa shape index (κ2) is 11.9. The Hall–Kier alpha value is -4.86. The van der Waals surface area contributed by atoms with Crippen molar-refractivity contribution in [1.29, 1.82) is 5.26 Å². The van der Waals surface area contributed by atoms with Crippen molar-refractivity contribution in [2.75, 3.05) is 13.1 Å². The molecule has 3 N–H and O–H groups in total. The topological polar surface area (TPSA) is 174 Å². The number of hydrogen-bond donors (Lipinski definition) is 3. The van der Waals surface area contributed by atoms with Crippen molar-refractivity contribution in [3.05, 3.63) is 86.4 Å². The van der Waals surface area contributed by atoms with Crippen molar-refractivity contribution in [3.8, 4) is 6.19 Å². The van der Waals surface area contributed by atoms with Crippen LogP contribution >= 0.6 is 23.2 Å². The van der Waals surface area contributed by atoms with Crippen LogP contribution in [0.1, 0.15) is 43.5 Å². The number of benzene rings is 2. The largest absolute Gasteiger partial charge is 0.480 e. The molecule has 1 atom stereocenters. The second-order valence-electron chi connectivity index (χ2n) is 9.42. The molecule has 3 heterocycles. The number of carboxylic acid groups (broad SMARTS) is 1. The Balaban J connectivity index is 1.33. The summed E-state index contributed by atoms with van der Waals surface area (Å²) < 4.78 is 10.7. The SMILES string of the molecule is Cc1cc(C(=NC[C@H](NC(=O)c2c(Cl)cc3c(c2Cl)CCN(C(=O)c2cc4ccccc4o2)C3)C(=O)O)NC#N)no1. The molecule has 0 saturated carbocycles. The molecule has 12 nitrogen and oxygen atoms in total. The van der Waals surface area contributed by atoms with Gasteiger partial charge in [0.1, 0.15) is 23.1 Å².